The number of carboxylic acids is 1. The van der Waals surface area contributed by atoms with Crippen LogP contribution in [0.2, 0.25) is 0 Å². The Morgan fingerprint density at radius 2 is 1.54 bits per heavy atom. The number of hydrogen-bond acceptors (Lipinski definition) is 21. The summed E-state index contributed by atoms with van der Waals surface area (Å²) in [5.41, 5.74) is 8.98. The average Bonchev–Trinajstić information content (AvgIpc) is 0.706. The Bertz CT molecular complexity index is 4190. The third kappa shape index (κ3) is 20.0. The molecule has 9 amide bonds. The van der Waals surface area contributed by atoms with Gasteiger partial charge in [0.25, 0.3) is 17.7 Å². The standard InChI is InChI=1S/C78H99N13O16S/c1-47(2)65(87-62(95)18-7-6-10-30-91-63(96)25-26-64(91)97)70(101)84-58(16-12-29-81-72(80)104)69(100)83-52-21-19-49(20-22-52)39-106-74(105)89(32-28-59(94)67(98)51(37-92)38-93)33-34-107-78-43-75(4)40-76(5,44-78)42-77(41-75,45-78)46-82-48(3)55(35-79)53-23-24-61(86-66(53)71(102)103)90-31-27-50-13-11-14-54(56(50)36-90)68(99)88-73-85-57-15-8-9-17-60(57)108-73/h8-9,11,13-15,17,19-26,35,37,47,51,58-59,65,67,79,82,93-94,98H,6-7,10,12,16,18,27-34,36,38-46H2,1-5H3,(H,83,100)(H,84,101)(H,87,95)(H,102,103)(H3,80,81,104)(H,85,88,99)/b55-48+,79-35?/t51?,58-,59-,65-,67-,75?,76?,77?,78?/m1/s1. The first-order valence-corrected chi connectivity index (χ1v) is 37.6. The van der Waals surface area contributed by atoms with Crippen molar-refractivity contribution in [1.29, 1.82) is 5.41 Å². The number of fused-ring (bicyclic) bond motifs is 2. The number of nitrogens with zero attached hydrogens (tertiary/aromatic N) is 5. The van der Waals surface area contributed by atoms with E-state index in [4.69, 9.17) is 25.6 Å². The number of imide groups is 1. The van der Waals surface area contributed by atoms with E-state index in [0.717, 1.165) is 64.6 Å². The number of pyridine rings is 1. The first-order valence-electron chi connectivity index (χ1n) is 36.8. The highest BCUT2D eigenvalue weighted by molar-refractivity contribution is 7.22. The number of hydrogen-bond donors (Lipinski definition) is 12. The number of allylic oxidation sites excluding steroid dienone is 2. The predicted octanol–water partition coefficient (Wildman–Crippen LogP) is 7.37. The molecule has 2 aliphatic heterocycles. The Balaban J connectivity index is 0.765. The molecule has 0 saturated heterocycles. The number of aromatic nitrogens is 2. The molecule has 11 rings (SSSR count). The van der Waals surface area contributed by atoms with Crippen LogP contribution >= 0.6 is 11.3 Å². The van der Waals surface area contributed by atoms with Gasteiger partial charge in [-0.25, -0.2) is 24.4 Å². The first-order chi connectivity index (χ1) is 51.5. The largest absolute Gasteiger partial charge is 0.476 e. The Morgan fingerprint density at radius 3 is 2.21 bits per heavy atom. The van der Waals surface area contributed by atoms with Gasteiger partial charge in [-0.15, -0.1) is 0 Å². The number of aldehydes is 1. The molecule has 5 aromatic rings. The highest BCUT2D eigenvalue weighted by Gasteiger charge is 2.66. The number of carbonyl (C=O) groups is 10. The Labute approximate surface area is 630 Å². The topological polar surface area (TPSA) is 428 Å². The number of para-hydroxylation sites is 1. The van der Waals surface area contributed by atoms with E-state index in [1.165, 1.54) is 28.4 Å². The van der Waals surface area contributed by atoms with Crippen LogP contribution in [0.4, 0.5) is 26.2 Å². The lowest BCUT2D eigenvalue weighted by atomic mass is 9.39. The van der Waals surface area contributed by atoms with Crippen LogP contribution < -0.4 is 42.5 Å². The number of carboxylic acid groups (broad SMARTS) is 1. The maximum Gasteiger partial charge on any atom is 0.410 e. The first kappa shape index (κ1) is 80.5. The molecule has 4 bridgehead atoms. The number of amides is 9. The summed E-state index contributed by atoms with van der Waals surface area (Å²) in [4.78, 5) is 143. The summed E-state index contributed by atoms with van der Waals surface area (Å²) in [6.45, 7) is 10.5. The van der Waals surface area contributed by atoms with Crippen LogP contribution in [0.3, 0.4) is 0 Å². The molecule has 108 heavy (non-hydrogen) atoms. The number of anilines is 3. The number of rotatable bonds is 38. The number of unbranched alkanes of at least 4 members (excludes halogenated alkanes) is 2. The zero-order chi connectivity index (χ0) is 77.7. The second-order valence-corrected chi connectivity index (χ2v) is 31.5. The zero-order valence-electron chi connectivity index (χ0n) is 61.7. The van der Waals surface area contributed by atoms with E-state index in [1.54, 1.807) is 56.3 Å². The smallest absolute Gasteiger partial charge is 0.410 e. The number of thiazole rings is 1. The molecule has 4 fully saturated rings. The second-order valence-electron chi connectivity index (χ2n) is 30.5. The molecule has 29 nitrogen and oxygen atoms in total. The summed E-state index contributed by atoms with van der Waals surface area (Å²) in [5.74, 6) is -5.20. The number of aliphatic hydroxyl groups is 3. The predicted molar refractivity (Wildman–Crippen MR) is 404 cm³/mol. The third-order valence-corrected chi connectivity index (χ3v) is 22.2. The summed E-state index contributed by atoms with van der Waals surface area (Å²) >= 11 is 1.39. The number of ether oxygens (including phenoxy) is 2. The van der Waals surface area contributed by atoms with Crippen LogP contribution in [0.1, 0.15) is 161 Å². The quantitative estimate of drug-likeness (QED) is 0.00794. The highest BCUT2D eigenvalue weighted by atomic mass is 32.1. The van der Waals surface area contributed by atoms with Crippen LogP contribution in [0.25, 0.3) is 15.8 Å². The lowest BCUT2D eigenvalue weighted by molar-refractivity contribution is -0.243. The summed E-state index contributed by atoms with van der Waals surface area (Å²) in [5, 5.41) is 68.9. The van der Waals surface area contributed by atoms with Crippen molar-refractivity contribution in [3.63, 3.8) is 0 Å². The van der Waals surface area contributed by atoms with Gasteiger partial charge in [-0.1, -0.05) is 81.9 Å². The van der Waals surface area contributed by atoms with E-state index < -0.39 is 84.2 Å². The molecule has 13 N–H and O–H groups in total. The zero-order valence-corrected chi connectivity index (χ0v) is 62.5. The Hall–Kier alpha value is -10.0. The van der Waals surface area contributed by atoms with Crippen molar-refractivity contribution in [2.24, 2.45) is 33.8 Å². The van der Waals surface area contributed by atoms with E-state index in [0.29, 0.717) is 97.1 Å². The van der Waals surface area contributed by atoms with Crippen molar-refractivity contribution in [3.05, 3.63) is 130 Å². The molecule has 4 aliphatic carbocycles. The number of urea groups is 1. The van der Waals surface area contributed by atoms with Crippen LogP contribution in [0.15, 0.2) is 96.7 Å². The van der Waals surface area contributed by atoms with Crippen LogP contribution in [-0.4, -0.2) is 189 Å². The van der Waals surface area contributed by atoms with Gasteiger partial charge in [-0.3, -0.25) is 39.0 Å². The molecule has 0 spiro atoms. The third-order valence-electron chi connectivity index (χ3n) is 21.2. The lowest BCUT2D eigenvalue weighted by Gasteiger charge is -2.69. The van der Waals surface area contributed by atoms with Crippen LogP contribution in [-0.2, 0) is 57.8 Å². The van der Waals surface area contributed by atoms with Gasteiger partial charge in [0.2, 0.25) is 17.7 Å². The van der Waals surface area contributed by atoms with Gasteiger partial charge in [-0.05, 0) is 165 Å². The minimum absolute atomic E-state index is 0.00380. The van der Waals surface area contributed by atoms with E-state index >= 15 is 0 Å². The maximum absolute atomic E-state index is 14.2. The van der Waals surface area contributed by atoms with Crippen molar-refractivity contribution in [2.45, 2.75) is 168 Å². The van der Waals surface area contributed by atoms with Gasteiger partial charge < -0.3 is 82.2 Å². The molecule has 578 valence electrons. The summed E-state index contributed by atoms with van der Waals surface area (Å²) in [7, 11) is 0. The van der Waals surface area contributed by atoms with E-state index in [2.05, 4.69) is 50.7 Å². The molecule has 4 heterocycles. The van der Waals surface area contributed by atoms with Gasteiger partial charge in [0, 0.05) is 98.7 Å². The normalized spacial score (nSPS) is 21.4. The fourth-order valence-corrected chi connectivity index (χ4v) is 17.9. The molecular weight excluding hydrogens is 1410 g/mol. The highest BCUT2D eigenvalue weighted by Crippen LogP contribution is 2.71. The molecule has 7 atom stereocenters. The number of carbonyl (C=O) groups excluding carboxylic acids is 9. The summed E-state index contributed by atoms with van der Waals surface area (Å²) < 4.78 is 13.9. The summed E-state index contributed by atoms with van der Waals surface area (Å²) in [6, 6.07) is 20.2. The molecule has 30 heteroatoms. The Morgan fingerprint density at radius 1 is 0.806 bits per heavy atom. The van der Waals surface area contributed by atoms with Crippen molar-refractivity contribution < 1.29 is 77.8 Å². The molecular formula is C78H99N13O16S. The van der Waals surface area contributed by atoms with Gasteiger partial charge in [0.1, 0.15) is 30.8 Å². The van der Waals surface area contributed by atoms with Gasteiger partial charge >= 0.3 is 18.1 Å². The fourth-order valence-electron chi connectivity index (χ4n) is 17.1. The SMILES string of the molecule is C/C(NCC12CC3(C)CC(C)(C1)CC(OCCN(CC[C@@H](O)[C@H](O)C(C=O)CO)C(=O)OCc1ccc(NC(=O)[C@@H](CCCNC(N)=O)NC(=O)[C@H](NC(=O)CCCCCN4C(=O)C=CC4=O)C(C)C)cc1)(C3)C2)=C(/C=N)c1ccc(N2CCc3cccc(C(=O)Nc4nc5ccccc5s4)c3C2)nc1C(=O)O. The molecule has 4 saturated carbocycles. The number of primary amides is 1. The molecule has 0 radical (unpaired) electrons. The van der Waals surface area contributed by atoms with Gasteiger partial charge in [0.05, 0.1) is 47.2 Å². The van der Waals surface area contributed by atoms with Crippen molar-refractivity contribution in [1.82, 2.24) is 41.0 Å². The number of aliphatic hydroxyl groups excluding tert-OH is 3. The minimum Gasteiger partial charge on any atom is -0.476 e. The van der Waals surface area contributed by atoms with Crippen LogP contribution in [0, 0.1) is 33.5 Å². The van der Waals surface area contributed by atoms with E-state index in [1.807, 2.05) is 48.2 Å². The number of nitrogens with one attached hydrogen (secondary N) is 7. The Kier molecular flexibility index (Phi) is 26.4. The molecule has 2 aromatic heterocycles. The number of aromatic carboxylic acids is 1. The van der Waals surface area contributed by atoms with Crippen molar-refractivity contribution >= 4 is 110 Å². The average molecular weight is 1510 g/mol. The molecule has 3 aromatic carbocycles. The molecule has 6 aliphatic rings. The minimum atomic E-state index is -1.63. The second kappa shape index (κ2) is 35.4. The van der Waals surface area contributed by atoms with Gasteiger partial charge in [0.15, 0.2) is 10.8 Å². The lowest BCUT2D eigenvalue weighted by Crippen LogP contribution is -2.65. The van der Waals surface area contributed by atoms with E-state index in [9.17, 15) is 68.4 Å². The van der Waals surface area contributed by atoms with Gasteiger partial charge in [-0.2, -0.15) is 0 Å². The number of benzene rings is 3. The number of nitrogens with two attached hydrogens (primary N) is 1. The van der Waals surface area contributed by atoms with Crippen molar-refractivity contribution in [2.75, 3.05) is 68.0 Å². The molecule has 3 unspecified atom stereocenters. The maximum atomic E-state index is 14.2. The van der Waals surface area contributed by atoms with Crippen molar-refractivity contribution in [3.8, 4) is 0 Å². The fraction of sp³-hybridized carbons (Fsp3) is 0.500. The van der Waals surface area contributed by atoms with E-state index in [-0.39, 0.29) is 110 Å². The monoisotopic (exact) mass is 1510 g/mol. The van der Waals surface area contributed by atoms with Crippen LogP contribution in [0.5, 0.6) is 0 Å². The summed E-state index contributed by atoms with van der Waals surface area (Å²) in [6.07, 6.45) is 7.12.